The van der Waals surface area contributed by atoms with Gasteiger partial charge in [-0.05, 0) is 62.3 Å². The molecule has 1 saturated heterocycles. The van der Waals surface area contributed by atoms with E-state index in [4.69, 9.17) is 4.74 Å². The number of alkyl halides is 3. The fourth-order valence-corrected chi connectivity index (χ4v) is 4.47. The maximum Gasteiger partial charge on any atom is 0.416 e. The highest BCUT2D eigenvalue weighted by Gasteiger charge is 2.31. The minimum atomic E-state index is -4.60. The van der Waals surface area contributed by atoms with Crippen molar-refractivity contribution in [1.29, 1.82) is 0 Å². The number of rotatable bonds is 8. The van der Waals surface area contributed by atoms with Crippen LogP contribution in [0, 0.1) is 5.82 Å². The number of pyridine rings is 1. The second kappa shape index (κ2) is 10.4. The molecule has 1 N–H and O–H groups in total. The van der Waals surface area contributed by atoms with E-state index >= 15 is 0 Å². The molecule has 0 radical (unpaired) electrons. The summed E-state index contributed by atoms with van der Waals surface area (Å²) in [4.78, 5) is 23.3. The standard InChI is InChI=1S/C27H25F4N5O2/c1-35-25-7-5-20(38-21-8-9-32-18(14-21)13-19(37)16-36-10-2-3-11-36)15-24(25)34-26(35)33-23-12-17(27(29,30)31)4-6-22(23)28/h4-9,12,14-15H,2-3,10-11,13,16H2,1H3,(H,33,34). The molecule has 198 valence electrons. The molecule has 0 saturated carbocycles. The van der Waals surface area contributed by atoms with Gasteiger partial charge in [-0.3, -0.25) is 14.7 Å². The zero-order chi connectivity index (χ0) is 26.9. The molecule has 0 atom stereocenters. The summed E-state index contributed by atoms with van der Waals surface area (Å²) < 4.78 is 61.0. The number of nitrogens with zero attached hydrogens (tertiary/aromatic N) is 4. The van der Waals surface area contributed by atoms with Crippen LogP contribution in [0.3, 0.4) is 0 Å². The Bertz CT molecular complexity index is 1480. The average Bonchev–Trinajstić information content (AvgIpc) is 3.47. The van der Waals surface area contributed by atoms with Gasteiger partial charge in [0.25, 0.3) is 0 Å². The highest BCUT2D eigenvalue weighted by Crippen LogP contribution is 2.33. The van der Waals surface area contributed by atoms with Gasteiger partial charge in [0.2, 0.25) is 5.95 Å². The van der Waals surface area contributed by atoms with Crippen LogP contribution in [0.15, 0.2) is 54.7 Å². The van der Waals surface area contributed by atoms with Gasteiger partial charge in [0.1, 0.15) is 17.3 Å². The number of aromatic nitrogens is 3. The monoisotopic (exact) mass is 527 g/mol. The summed E-state index contributed by atoms with van der Waals surface area (Å²) in [5, 5.41) is 2.66. The van der Waals surface area contributed by atoms with Gasteiger partial charge in [0.15, 0.2) is 5.78 Å². The molecule has 0 amide bonds. The second-order valence-electron chi connectivity index (χ2n) is 9.25. The lowest BCUT2D eigenvalue weighted by molar-refractivity contribution is -0.137. The molecule has 7 nitrogen and oxygen atoms in total. The molecule has 3 heterocycles. The quantitative estimate of drug-likeness (QED) is 0.289. The number of carbonyl (C=O) groups is 1. The maximum absolute atomic E-state index is 14.2. The van der Waals surface area contributed by atoms with Crippen LogP contribution in [-0.4, -0.2) is 44.9 Å². The minimum absolute atomic E-state index is 0.101. The van der Waals surface area contributed by atoms with E-state index in [1.54, 1.807) is 48.1 Å². The van der Waals surface area contributed by atoms with Crippen molar-refractivity contribution in [1.82, 2.24) is 19.4 Å². The number of anilines is 2. The summed E-state index contributed by atoms with van der Waals surface area (Å²) in [5.41, 5.74) is 0.467. The molecule has 2 aromatic carbocycles. The fourth-order valence-electron chi connectivity index (χ4n) is 4.47. The molecule has 4 aromatic rings. The van der Waals surface area contributed by atoms with Crippen molar-refractivity contribution in [3.8, 4) is 11.5 Å². The van der Waals surface area contributed by atoms with Crippen molar-refractivity contribution in [3.63, 3.8) is 0 Å². The lowest BCUT2D eigenvalue weighted by Gasteiger charge is -2.13. The van der Waals surface area contributed by atoms with Crippen LogP contribution >= 0.6 is 0 Å². The zero-order valence-electron chi connectivity index (χ0n) is 20.6. The lowest BCUT2D eigenvalue weighted by Crippen LogP contribution is -2.27. The van der Waals surface area contributed by atoms with E-state index in [1.807, 2.05) is 0 Å². The summed E-state index contributed by atoms with van der Waals surface area (Å²) in [6.45, 7) is 2.32. The number of benzene rings is 2. The van der Waals surface area contributed by atoms with Gasteiger partial charge in [-0.2, -0.15) is 13.2 Å². The summed E-state index contributed by atoms with van der Waals surface area (Å²) in [7, 11) is 1.66. The number of Topliss-reactive ketones (excluding diaryl/α,β-unsaturated/α-hetero) is 1. The zero-order valence-corrected chi connectivity index (χ0v) is 20.6. The Morgan fingerprint density at radius 3 is 2.58 bits per heavy atom. The molecule has 38 heavy (non-hydrogen) atoms. The van der Waals surface area contributed by atoms with Gasteiger partial charge < -0.3 is 14.6 Å². The predicted octanol–water partition coefficient (Wildman–Crippen LogP) is 5.87. The van der Waals surface area contributed by atoms with Gasteiger partial charge in [0.05, 0.1) is 40.9 Å². The summed E-state index contributed by atoms with van der Waals surface area (Å²) in [5.74, 6) is 0.403. The van der Waals surface area contributed by atoms with Crippen LogP contribution in [-0.2, 0) is 24.4 Å². The largest absolute Gasteiger partial charge is 0.457 e. The van der Waals surface area contributed by atoms with E-state index in [0.717, 1.165) is 32.0 Å². The van der Waals surface area contributed by atoms with Crippen molar-refractivity contribution >= 4 is 28.5 Å². The van der Waals surface area contributed by atoms with Crippen LogP contribution in [0.2, 0.25) is 0 Å². The first kappa shape index (κ1) is 25.7. The molecular formula is C27H25F4N5O2. The Balaban J connectivity index is 1.31. The number of nitrogens with one attached hydrogen (secondary N) is 1. The van der Waals surface area contributed by atoms with Crippen LogP contribution in [0.5, 0.6) is 11.5 Å². The molecule has 1 aliphatic rings. The molecule has 0 bridgehead atoms. The third-order valence-corrected chi connectivity index (χ3v) is 6.39. The number of fused-ring (bicyclic) bond motifs is 1. The van der Waals surface area contributed by atoms with Gasteiger partial charge in [-0.15, -0.1) is 0 Å². The first-order valence-electron chi connectivity index (χ1n) is 12.1. The number of likely N-dealkylation sites (tertiary alicyclic amines) is 1. The highest BCUT2D eigenvalue weighted by molar-refractivity contribution is 5.83. The summed E-state index contributed by atoms with van der Waals surface area (Å²) in [6.07, 6.45) is -0.562. The van der Waals surface area contributed by atoms with E-state index < -0.39 is 17.6 Å². The van der Waals surface area contributed by atoms with E-state index in [1.165, 1.54) is 0 Å². The molecule has 1 fully saturated rings. The molecule has 1 aliphatic heterocycles. The smallest absolute Gasteiger partial charge is 0.416 e. The first-order chi connectivity index (χ1) is 18.2. The molecular weight excluding hydrogens is 502 g/mol. The van der Waals surface area contributed by atoms with Crippen molar-refractivity contribution in [2.24, 2.45) is 7.05 Å². The number of aryl methyl sites for hydroxylation is 1. The minimum Gasteiger partial charge on any atom is -0.457 e. The van der Waals surface area contributed by atoms with Crippen LogP contribution in [0.25, 0.3) is 11.0 Å². The number of ether oxygens (including phenoxy) is 1. The van der Waals surface area contributed by atoms with Crippen molar-refractivity contribution in [2.45, 2.75) is 25.4 Å². The van der Waals surface area contributed by atoms with Crippen molar-refractivity contribution < 1.29 is 27.1 Å². The third kappa shape index (κ3) is 5.77. The van der Waals surface area contributed by atoms with E-state index in [-0.39, 0.29) is 23.8 Å². The molecule has 5 rings (SSSR count). The van der Waals surface area contributed by atoms with E-state index in [2.05, 4.69) is 20.2 Å². The topological polar surface area (TPSA) is 72.3 Å². The Kier molecular flexibility index (Phi) is 7.02. The molecule has 0 unspecified atom stereocenters. The SMILES string of the molecule is Cn1c(Nc2cc(C(F)(F)F)ccc2F)nc2cc(Oc3ccnc(CC(=O)CN4CCCC4)c3)ccc21. The Morgan fingerprint density at radius 2 is 1.82 bits per heavy atom. The summed E-state index contributed by atoms with van der Waals surface area (Å²) >= 11 is 0. The number of imidazole rings is 1. The van der Waals surface area contributed by atoms with Crippen molar-refractivity contribution in [2.75, 3.05) is 25.0 Å². The lowest BCUT2D eigenvalue weighted by atomic mass is 10.2. The van der Waals surface area contributed by atoms with Gasteiger partial charge in [-0.1, -0.05) is 0 Å². The number of ketones is 1. The highest BCUT2D eigenvalue weighted by atomic mass is 19.4. The number of halogens is 4. The van der Waals surface area contributed by atoms with Gasteiger partial charge in [-0.25, -0.2) is 9.37 Å². The van der Waals surface area contributed by atoms with E-state index in [0.29, 0.717) is 46.9 Å². The van der Waals surface area contributed by atoms with Crippen molar-refractivity contribution in [3.05, 3.63) is 71.8 Å². The van der Waals surface area contributed by atoms with Crippen LogP contribution in [0.1, 0.15) is 24.1 Å². The van der Waals surface area contributed by atoms with Crippen LogP contribution < -0.4 is 10.1 Å². The average molecular weight is 528 g/mol. The maximum atomic E-state index is 14.2. The molecule has 11 heteroatoms. The Morgan fingerprint density at radius 1 is 1.05 bits per heavy atom. The number of hydrogen-bond donors (Lipinski definition) is 1. The van der Waals surface area contributed by atoms with E-state index in [9.17, 15) is 22.4 Å². The fraction of sp³-hybridized carbons (Fsp3) is 0.296. The van der Waals surface area contributed by atoms with Crippen LogP contribution in [0.4, 0.5) is 29.2 Å². The van der Waals surface area contributed by atoms with Gasteiger partial charge in [0, 0.05) is 25.4 Å². The normalized spacial score (nSPS) is 14.2. The Labute approximate surface area is 216 Å². The predicted molar refractivity (Wildman–Crippen MR) is 134 cm³/mol. The second-order valence-corrected chi connectivity index (χ2v) is 9.25. The summed E-state index contributed by atoms with van der Waals surface area (Å²) in [6, 6.07) is 10.7. The number of hydrogen-bond acceptors (Lipinski definition) is 6. The third-order valence-electron chi connectivity index (χ3n) is 6.39. The first-order valence-corrected chi connectivity index (χ1v) is 12.1. The molecule has 2 aromatic heterocycles. The number of carbonyl (C=O) groups excluding carboxylic acids is 1. The molecule has 0 spiro atoms. The molecule has 0 aliphatic carbocycles. The van der Waals surface area contributed by atoms with Gasteiger partial charge >= 0.3 is 6.18 Å². The Hall–Kier alpha value is -3.99.